The van der Waals surface area contributed by atoms with Crippen LogP contribution in [0.2, 0.25) is 0 Å². The molecule has 0 unspecified atom stereocenters. The summed E-state index contributed by atoms with van der Waals surface area (Å²) in [7, 11) is 0. The van der Waals surface area contributed by atoms with Crippen LogP contribution in [0.4, 0.5) is 23.0 Å². The lowest BCUT2D eigenvalue weighted by Crippen LogP contribution is -2.02. The lowest BCUT2D eigenvalue weighted by molar-refractivity contribution is -0.384. The molecule has 100 valence electrons. The van der Waals surface area contributed by atoms with Gasteiger partial charge in [0.05, 0.1) is 16.2 Å². The van der Waals surface area contributed by atoms with Crippen molar-refractivity contribution < 1.29 is 4.92 Å². The van der Waals surface area contributed by atoms with Gasteiger partial charge < -0.3 is 11.1 Å². The normalized spacial score (nSPS) is 9.80. The molecule has 0 bridgehead atoms. The zero-order valence-corrected chi connectivity index (χ0v) is 11.6. The number of benzene rings is 1. The summed E-state index contributed by atoms with van der Waals surface area (Å²) in [6.07, 6.45) is 0. The standard InChI is InChI=1S/C12H8BrN5O2/c13-8-1-2-9(7(5-8)6-14)16-11-4-3-10(18(19)20)12(15)17-11/h1-5H,(H3,15,16,17). The highest BCUT2D eigenvalue weighted by Crippen LogP contribution is 2.26. The van der Waals surface area contributed by atoms with E-state index in [1.54, 1.807) is 18.2 Å². The predicted molar refractivity (Wildman–Crippen MR) is 77.4 cm³/mol. The third kappa shape index (κ3) is 2.84. The minimum atomic E-state index is -0.605. The van der Waals surface area contributed by atoms with E-state index in [9.17, 15) is 10.1 Å². The number of aromatic nitrogens is 1. The number of halogens is 1. The average molecular weight is 334 g/mol. The fraction of sp³-hybridized carbons (Fsp3) is 0. The monoisotopic (exact) mass is 333 g/mol. The van der Waals surface area contributed by atoms with Gasteiger partial charge in [0, 0.05) is 10.5 Å². The smallest absolute Gasteiger partial charge is 0.311 e. The largest absolute Gasteiger partial charge is 0.378 e. The summed E-state index contributed by atoms with van der Waals surface area (Å²) in [6.45, 7) is 0. The molecule has 2 aromatic rings. The molecule has 0 amide bonds. The second-order valence-corrected chi connectivity index (χ2v) is 4.70. The van der Waals surface area contributed by atoms with Crippen molar-refractivity contribution in [2.45, 2.75) is 0 Å². The summed E-state index contributed by atoms with van der Waals surface area (Å²) >= 11 is 3.27. The maximum absolute atomic E-state index is 10.6. The van der Waals surface area contributed by atoms with Crippen molar-refractivity contribution in [2.75, 3.05) is 11.1 Å². The number of hydrogen-bond acceptors (Lipinski definition) is 6. The third-order valence-corrected chi connectivity index (χ3v) is 2.96. The minimum absolute atomic E-state index is 0.185. The van der Waals surface area contributed by atoms with E-state index in [4.69, 9.17) is 11.0 Å². The Morgan fingerprint density at radius 3 is 2.75 bits per heavy atom. The van der Waals surface area contributed by atoms with E-state index in [-0.39, 0.29) is 11.5 Å². The van der Waals surface area contributed by atoms with Crippen molar-refractivity contribution in [1.82, 2.24) is 4.98 Å². The number of nitro groups is 1. The summed E-state index contributed by atoms with van der Waals surface area (Å²) in [5.41, 5.74) is 6.20. The van der Waals surface area contributed by atoms with Gasteiger partial charge in [-0.15, -0.1) is 0 Å². The molecule has 0 atom stereocenters. The van der Waals surface area contributed by atoms with Crippen molar-refractivity contribution in [3.8, 4) is 6.07 Å². The van der Waals surface area contributed by atoms with Gasteiger partial charge in [0.15, 0.2) is 0 Å². The summed E-state index contributed by atoms with van der Waals surface area (Å²) < 4.78 is 0.774. The number of nitriles is 1. The molecule has 0 fully saturated rings. The number of anilines is 3. The minimum Gasteiger partial charge on any atom is -0.378 e. The molecule has 8 heteroatoms. The topological polar surface area (TPSA) is 118 Å². The Labute approximate surface area is 122 Å². The highest BCUT2D eigenvalue weighted by atomic mass is 79.9. The first-order chi connectivity index (χ1) is 9.51. The summed E-state index contributed by atoms with van der Waals surface area (Å²) in [6, 6.07) is 9.84. The van der Waals surface area contributed by atoms with Crippen LogP contribution in [0, 0.1) is 21.4 Å². The quantitative estimate of drug-likeness (QED) is 0.658. The van der Waals surface area contributed by atoms with Crippen LogP contribution in [-0.2, 0) is 0 Å². The van der Waals surface area contributed by atoms with E-state index in [1.807, 2.05) is 6.07 Å². The highest BCUT2D eigenvalue weighted by Gasteiger charge is 2.13. The second-order valence-electron chi connectivity index (χ2n) is 3.78. The summed E-state index contributed by atoms with van der Waals surface area (Å²) in [4.78, 5) is 13.9. The van der Waals surface area contributed by atoms with Crippen LogP contribution >= 0.6 is 15.9 Å². The van der Waals surface area contributed by atoms with Gasteiger partial charge in [0.1, 0.15) is 11.9 Å². The second kappa shape index (κ2) is 5.54. The molecule has 0 spiro atoms. The lowest BCUT2D eigenvalue weighted by atomic mass is 10.2. The van der Waals surface area contributed by atoms with E-state index in [2.05, 4.69) is 26.2 Å². The SMILES string of the molecule is N#Cc1cc(Br)ccc1Nc1ccc([N+](=O)[O-])c(N)n1. The molecular formula is C12H8BrN5O2. The van der Waals surface area contributed by atoms with Gasteiger partial charge >= 0.3 is 5.69 Å². The number of hydrogen-bond donors (Lipinski definition) is 2. The first-order valence-electron chi connectivity index (χ1n) is 5.39. The van der Waals surface area contributed by atoms with Crippen LogP contribution in [0.1, 0.15) is 5.56 Å². The molecule has 1 aromatic carbocycles. The Hall–Kier alpha value is -2.66. The van der Waals surface area contributed by atoms with E-state index >= 15 is 0 Å². The zero-order chi connectivity index (χ0) is 14.7. The molecule has 0 aliphatic heterocycles. The third-order valence-electron chi connectivity index (χ3n) is 2.46. The van der Waals surface area contributed by atoms with Gasteiger partial charge in [-0.05, 0) is 24.3 Å². The van der Waals surface area contributed by atoms with Gasteiger partial charge in [-0.2, -0.15) is 5.26 Å². The summed E-state index contributed by atoms with van der Waals surface area (Å²) in [5, 5.41) is 22.6. The van der Waals surface area contributed by atoms with Crippen LogP contribution in [-0.4, -0.2) is 9.91 Å². The molecule has 20 heavy (non-hydrogen) atoms. The Morgan fingerprint density at radius 2 is 2.15 bits per heavy atom. The molecule has 0 aliphatic rings. The number of nitrogen functional groups attached to an aromatic ring is 1. The van der Waals surface area contributed by atoms with Crippen molar-refractivity contribution in [3.05, 3.63) is 50.5 Å². The molecule has 3 N–H and O–H groups in total. The van der Waals surface area contributed by atoms with Gasteiger partial charge in [0.2, 0.25) is 5.82 Å². The Bertz CT molecular complexity index is 726. The van der Waals surface area contributed by atoms with E-state index in [0.29, 0.717) is 17.1 Å². The maximum Gasteiger partial charge on any atom is 0.311 e. The molecule has 0 radical (unpaired) electrons. The molecule has 0 aliphatic carbocycles. The molecule has 7 nitrogen and oxygen atoms in total. The highest BCUT2D eigenvalue weighted by molar-refractivity contribution is 9.10. The first kappa shape index (κ1) is 13.8. The van der Waals surface area contributed by atoms with Crippen LogP contribution in [0.15, 0.2) is 34.8 Å². The van der Waals surface area contributed by atoms with Crippen LogP contribution in [0.25, 0.3) is 0 Å². The van der Waals surface area contributed by atoms with Gasteiger partial charge in [-0.25, -0.2) is 4.98 Å². The number of nitrogens with one attached hydrogen (secondary N) is 1. The Balaban J connectivity index is 2.34. The number of rotatable bonds is 3. The van der Waals surface area contributed by atoms with E-state index in [1.165, 1.54) is 12.1 Å². The van der Waals surface area contributed by atoms with Gasteiger partial charge in [-0.3, -0.25) is 10.1 Å². The first-order valence-corrected chi connectivity index (χ1v) is 6.18. The van der Waals surface area contributed by atoms with Crippen molar-refractivity contribution in [1.29, 1.82) is 5.26 Å². The predicted octanol–water partition coefficient (Wildman–Crippen LogP) is 2.95. The fourth-order valence-corrected chi connectivity index (χ4v) is 1.91. The molecular weight excluding hydrogens is 326 g/mol. The van der Waals surface area contributed by atoms with Crippen molar-refractivity contribution in [2.24, 2.45) is 0 Å². The average Bonchev–Trinajstić information content (AvgIpc) is 2.40. The Kier molecular flexibility index (Phi) is 3.81. The van der Waals surface area contributed by atoms with Crippen LogP contribution < -0.4 is 11.1 Å². The Morgan fingerprint density at radius 1 is 1.40 bits per heavy atom. The van der Waals surface area contributed by atoms with Crippen LogP contribution in [0.3, 0.4) is 0 Å². The number of pyridine rings is 1. The van der Waals surface area contributed by atoms with Crippen LogP contribution in [0.5, 0.6) is 0 Å². The maximum atomic E-state index is 10.6. The molecule has 2 rings (SSSR count). The van der Waals surface area contributed by atoms with E-state index in [0.717, 1.165) is 4.47 Å². The van der Waals surface area contributed by atoms with E-state index < -0.39 is 4.92 Å². The van der Waals surface area contributed by atoms with Gasteiger partial charge in [0.25, 0.3) is 0 Å². The van der Waals surface area contributed by atoms with Crippen molar-refractivity contribution >= 4 is 38.9 Å². The summed E-state index contributed by atoms with van der Waals surface area (Å²) in [5.74, 6) is 0.141. The number of nitrogens with two attached hydrogens (primary N) is 1. The van der Waals surface area contributed by atoms with Crippen molar-refractivity contribution in [3.63, 3.8) is 0 Å². The molecule has 0 saturated carbocycles. The molecule has 1 aromatic heterocycles. The fourth-order valence-electron chi connectivity index (χ4n) is 1.55. The molecule has 0 saturated heterocycles. The zero-order valence-electron chi connectivity index (χ0n) is 10.0. The molecule has 1 heterocycles. The lowest BCUT2D eigenvalue weighted by Gasteiger charge is -2.08. The van der Waals surface area contributed by atoms with Gasteiger partial charge in [-0.1, -0.05) is 15.9 Å². The number of nitrogens with zero attached hydrogens (tertiary/aromatic N) is 3.